The minimum Gasteiger partial charge on any atom is -0.496 e. The van der Waals surface area contributed by atoms with E-state index >= 15 is 0 Å². The Morgan fingerprint density at radius 1 is 0.952 bits per heavy atom. The van der Waals surface area contributed by atoms with E-state index in [4.69, 9.17) is 4.74 Å². The van der Waals surface area contributed by atoms with E-state index in [0.29, 0.717) is 12.1 Å². The average Bonchev–Trinajstić information content (AvgIpc) is 3.28. The van der Waals surface area contributed by atoms with Crippen molar-refractivity contribution in [2.75, 3.05) is 7.11 Å². The van der Waals surface area contributed by atoms with Crippen molar-refractivity contribution >= 4 is 11.9 Å². The van der Waals surface area contributed by atoms with Crippen molar-refractivity contribution in [2.45, 2.75) is 78.0 Å². The van der Waals surface area contributed by atoms with Gasteiger partial charge in [-0.25, -0.2) is 9.18 Å². The first-order valence-electron chi connectivity index (χ1n) is 14.5. The van der Waals surface area contributed by atoms with Crippen molar-refractivity contribution in [3.8, 4) is 5.75 Å². The molecule has 0 saturated carbocycles. The number of hydrogen-bond acceptors (Lipinski definition) is 4. The van der Waals surface area contributed by atoms with Gasteiger partial charge in [0, 0.05) is 24.1 Å². The Kier molecular flexibility index (Phi) is 9.12. The molecule has 1 saturated heterocycles. The molecule has 3 aromatic rings. The second-order valence-electron chi connectivity index (χ2n) is 13.3. The average molecular weight is 575 g/mol. The first-order valence-corrected chi connectivity index (χ1v) is 14.5. The van der Waals surface area contributed by atoms with Crippen LogP contribution in [0, 0.1) is 17.2 Å². The summed E-state index contributed by atoms with van der Waals surface area (Å²) in [4.78, 5) is 28.6. The summed E-state index contributed by atoms with van der Waals surface area (Å²) in [6.45, 7) is 13.0. The zero-order valence-electron chi connectivity index (χ0n) is 25.6. The van der Waals surface area contributed by atoms with E-state index in [2.05, 4.69) is 38.2 Å². The summed E-state index contributed by atoms with van der Waals surface area (Å²) in [6, 6.07) is 19.6. The Hall–Kier alpha value is -3.71. The van der Waals surface area contributed by atoms with Crippen LogP contribution < -0.4 is 10.1 Å². The van der Waals surface area contributed by atoms with Gasteiger partial charge in [-0.15, -0.1) is 0 Å². The van der Waals surface area contributed by atoms with Gasteiger partial charge in [-0.3, -0.25) is 4.79 Å². The van der Waals surface area contributed by atoms with E-state index in [1.54, 1.807) is 19.2 Å². The maximum absolute atomic E-state index is 14.1. The van der Waals surface area contributed by atoms with E-state index in [-0.39, 0.29) is 17.7 Å². The number of nitrogens with zero attached hydrogens (tertiary/aromatic N) is 1. The maximum atomic E-state index is 14.1. The summed E-state index contributed by atoms with van der Waals surface area (Å²) in [6.07, 6.45) is -0.101. The molecule has 0 spiro atoms. The van der Waals surface area contributed by atoms with Crippen LogP contribution >= 0.6 is 0 Å². The molecule has 2 N–H and O–H groups in total. The van der Waals surface area contributed by atoms with Gasteiger partial charge in [0.25, 0.3) is 0 Å². The second kappa shape index (κ2) is 12.3. The third-order valence-corrected chi connectivity index (χ3v) is 8.27. The third kappa shape index (κ3) is 6.67. The highest BCUT2D eigenvalue weighted by Gasteiger charge is 2.57. The van der Waals surface area contributed by atoms with Crippen LogP contribution in [0.1, 0.15) is 69.8 Å². The van der Waals surface area contributed by atoms with E-state index in [1.807, 2.05) is 57.2 Å². The fourth-order valence-electron chi connectivity index (χ4n) is 6.29. The molecule has 0 radical (unpaired) electrons. The molecule has 1 heterocycles. The van der Waals surface area contributed by atoms with Gasteiger partial charge in [0.15, 0.2) is 0 Å². The molecule has 3 aromatic carbocycles. The molecule has 1 aliphatic heterocycles. The number of carbonyl (C=O) groups is 2. The highest BCUT2D eigenvalue weighted by Crippen LogP contribution is 2.48. The SMILES string of the molecule is COc1ccc(C(C)(C)C)cc1CN[C@H]1[C@H](C(C)(C)C)[C@@H](C(=O)O)N(C(=O)Cc2cccc(F)c2)[C@H]1c1ccccc1. The topological polar surface area (TPSA) is 78.9 Å². The number of rotatable bonds is 8. The molecule has 7 heteroatoms. The minimum atomic E-state index is -1.09. The number of benzene rings is 3. The molecular formula is C35H43FN2O4. The van der Waals surface area contributed by atoms with Crippen molar-refractivity contribution in [3.63, 3.8) is 0 Å². The van der Waals surface area contributed by atoms with Crippen molar-refractivity contribution in [1.29, 1.82) is 0 Å². The van der Waals surface area contributed by atoms with Crippen LogP contribution in [0.3, 0.4) is 0 Å². The fraction of sp³-hybridized carbons (Fsp3) is 0.429. The molecule has 4 atom stereocenters. The molecule has 0 aromatic heterocycles. The summed E-state index contributed by atoms with van der Waals surface area (Å²) in [5.41, 5.74) is 2.93. The molecule has 0 bridgehead atoms. The smallest absolute Gasteiger partial charge is 0.326 e. The first-order chi connectivity index (χ1) is 19.7. The van der Waals surface area contributed by atoms with Gasteiger partial charge in [-0.1, -0.05) is 96.1 Å². The number of carboxylic acid groups (broad SMARTS) is 1. The lowest BCUT2D eigenvalue weighted by Gasteiger charge is -2.35. The van der Waals surface area contributed by atoms with Gasteiger partial charge in [-0.05, 0) is 45.7 Å². The zero-order valence-corrected chi connectivity index (χ0v) is 25.6. The molecule has 224 valence electrons. The van der Waals surface area contributed by atoms with E-state index < -0.39 is 41.2 Å². The van der Waals surface area contributed by atoms with Crippen molar-refractivity contribution in [2.24, 2.45) is 11.3 Å². The highest BCUT2D eigenvalue weighted by molar-refractivity contribution is 5.87. The molecule has 1 aliphatic rings. The standard InChI is InChI=1S/C35H43FN2O4/c1-34(2,3)25-16-17-27(42-7)24(20-25)21-37-30-29(35(4,5)6)32(33(40)41)38(31(30)23-13-9-8-10-14-23)28(39)19-22-12-11-15-26(36)18-22/h8-18,20,29-32,37H,19,21H2,1-7H3,(H,40,41)/t29-,30-,31-,32-/m0/s1. The van der Waals surface area contributed by atoms with Gasteiger partial charge in [0.05, 0.1) is 19.6 Å². The van der Waals surface area contributed by atoms with Crippen molar-refractivity contribution < 1.29 is 23.8 Å². The second-order valence-corrected chi connectivity index (χ2v) is 13.3. The number of amides is 1. The van der Waals surface area contributed by atoms with Crippen LogP contribution in [0.4, 0.5) is 4.39 Å². The largest absolute Gasteiger partial charge is 0.496 e. The number of likely N-dealkylation sites (tertiary alicyclic amines) is 1. The Bertz CT molecular complexity index is 1410. The molecule has 42 heavy (non-hydrogen) atoms. The maximum Gasteiger partial charge on any atom is 0.326 e. The Labute approximate surface area is 248 Å². The van der Waals surface area contributed by atoms with E-state index in [0.717, 1.165) is 22.4 Å². The van der Waals surface area contributed by atoms with Crippen molar-refractivity contribution in [3.05, 3.63) is 101 Å². The molecule has 6 nitrogen and oxygen atoms in total. The molecule has 0 unspecified atom stereocenters. The van der Waals surface area contributed by atoms with Gasteiger partial charge in [0.2, 0.25) is 5.91 Å². The summed E-state index contributed by atoms with van der Waals surface area (Å²) >= 11 is 0. The predicted molar refractivity (Wildman–Crippen MR) is 163 cm³/mol. The van der Waals surface area contributed by atoms with Crippen LogP contribution in [0.2, 0.25) is 0 Å². The number of ether oxygens (including phenoxy) is 1. The van der Waals surface area contributed by atoms with E-state index in [9.17, 15) is 19.1 Å². The summed E-state index contributed by atoms with van der Waals surface area (Å²) < 4.78 is 19.7. The summed E-state index contributed by atoms with van der Waals surface area (Å²) in [5.74, 6) is -1.54. The predicted octanol–water partition coefficient (Wildman–Crippen LogP) is 6.53. The number of carboxylic acids is 1. The van der Waals surface area contributed by atoms with Crippen LogP contribution in [0.25, 0.3) is 0 Å². The number of hydrogen-bond donors (Lipinski definition) is 2. The van der Waals surface area contributed by atoms with Gasteiger partial charge in [-0.2, -0.15) is 0 Å². The van der Waals surface area contributed by atoms with Crippen LogP contribution in [0.5, 0.6) is 5.75 Å². The highest BCUT2D eigenvalue weighted by atomic mass is 19.1. The minimum absolute atomic E-state index is 0.0660. The first kappa shape index (κ1) is 31.2. The lowest BCUT2D eigenvalue weighted by Crippen LogP contribution is -2.48. The van der Waals surface area contributed by atoms with E-state index in [1.165, 1.54) is 17.0 Å². The summed E-state index contributed by atoms with van der Waals surface area (Å²) in [7, 11) is 1.64. The molecular weight excluding hydrogens is 531 g/mol. The van der Waals surface area contributed by atoms with Crippen LogP contribution in [-0.2, 0) is 28.0 Å². The number of methoxy groups -OCH3 is 1. The molecule has 1 amide bonds. The van der Waals surface area contributed by atoms with Gasteiger partial charge in [0.1, 0.15) is 17.6 Å². The molecule has 1 fully saturated rings. The number of nitrogens with one attached hydrogen (secondary N) is 1. The Morgan fingerprint density at radius 3 is 2.21 bits per heavy atom. The molecule has 0 aliphatic carbocycles. The Balaban J connectivity index is 1.81. The molecule has 4 rings (SSSR count). The Morgan fingerprint density at radius 2 is 1.64 bits per heavy atom. The van der Waals surface area contributed by atoms with Crippen molar-refractivity contribution in [1.82, 2.24) is 10.2 Å². The van der Waals surface area contributed by atoms with Gasteiger partial charge >= 0.3 is 5.97 Å². The number of carbonyl (C=O) groups excluding carboxylic acids is 1. The number of aliphatic carboxylic acids is 1. The zero-order chi connectivity index (χ0) is 30.8. The lowest BCUT2D eigenvalue weighted by atomic mass is 9.72. The summed E-state index contributed by atoms with van der Waals surface area (Å²) in [5, 5.41) is 14.4. The van der Waals surface area contributed by atoms with Gasteiger partial charge < -0.3 is 20.1 Å². The monoisotopic (exact) mass is 574 g/mol. The lowest BCUT2D eigenvalue weighted by molar-refractivity contribution is -0.152. The number of halogens is 1. The van der Waals surface area contributed by atoms with Crippen LogP contribution in [-0.4, -0.2) is 41.1 Å². The quantitative estimate of drug-likeness (QED) is 0.320. The normalized spacial score (nSPS) is 20.9. The third-order valence-electron chi connectivity index (χ3n) is 8.27. The van der Waals surface area contributed by atoms with Crippen LogP contribution in [0.15, 0.2) is 72.8 Å². The fourth-order valence-corrected chi connectivity index (χ4v) is 6.29.